The molecule has 3 rings (SSSR count). The van der Waals surface area contributed by atoms with Gasteiger partial charge >= 0.3 is 0 Å². The highest BCUT2D eigenvalue weighted by Gasteiger charge is 2.23. The summed E-state index contributed by atoms with van der Waals surface area (Å²) in [5, 5.41) is 5.17. The smallest absolute Gasteiger partial charge is 0.243 e. The van der Waals surface area contributed by atoms with Crippen LogP contribution < -0.4 is 4.72 Å². The highest BCUT2D eigenvalue weighted by molar-refractivity contribution is 7.89. The summed E-state index contributed by atoms with van der Waals surface area (Å²) in [5.41, 5.74) is 2.16. The molecule has 1 atom stereocenters. The van der Waals surface area contributed by atoms with Crippen LogP contribution in [0.1, 0.15) is 31.1 Å². The summed E-state index contributed by atoms with van der Waals surface area (Å²) in [5.74, 6) is 0. The molecule has 0 saturated carbocycles. The normalized spacial score (nSPS) is 13.3. The molecule has 0 bridgehead atoms. The molecule has 6 nitrogen and oxygen atoms in total. The third-order valence-electron chi connectivity index (χ3n) is 3.99. The van der Waals surface area contributed by atoms with Gasteiger partial charge in [0.1, 0.15) is 4.90 Å². The summed E-state index contributed by atoms with van der Waals surface area (Å²) in [7, 11) is -3.70. The van der Waals surface area contributed by atoms with E-state index >= 15 is 0 Å². The van der Waals surface area contributed by atoms with Gasteiger partial charge in [-0.05, 0) is 32.9 Å². The molecule has 0 spiro atoms. The van der Waals surface area contributed by atoms with E-state index in [2.05, 4.69) is 14.8 Å². The van der Waals surface area contributed by atoms with Crippen molar-refractivity contribution in [2.24, 2.45) is 0 Å². The molecule has 1 aromatic carbocycles. The molecule has 0 saturated heterocycles. The predicted molar refractivity (Wildman–Crippen MR) is 93.1 cm³/mol. The standard InChI is InChI=1S/C17H20N4O2S/c1-4-21-11-15(12(2)19-21)13(3)20-24(22,23)16-9-5-7-14-8-6-10-18-17(14)16/h5-11,13,20H,4H2,1-3H3. The van der Waals surface area contributed by atoms with Gasteiger partial charge in [0.2, 0.25) is 10.0 Å². The Balaban J connectivity index is 1.97. The van der Waals surface area contributed by atoms with Crippen LogP contribution in [-0.4, -0.2) is 23.2 Å². The van der Waals surface area contributed by atoms with E-state index in [1.165, 1.54) is 0 Å². The average Bonchev–Trinajstić information content (AvgIpc) is 2.95. The molecule has 3 aromatic rings. The molecule has 0 aliphatic carbocycles. The predicted octanol–water partition coefficient (Wildman–Crippen LogP) is 2.80. The van der Waals surface area contributed by atoms with E-state index in [1.54, 1.807) is 29.1 Å². The maximum atomic E-state index is 12.8. The second-order valence-corrected chi connectivity index (χ2v) is 7.38. The highest BCUT2D eigenvalue weighted by atomic mass is 32.2. The molecule has 0 radical (unpaired) electrons. The minimum atomic E-state index is -3.70. The lowest BCUT2D eigenvalue weighted by atomic mass is 10.1. The van der Waals surface area contributed by atoms with Gasteiger partial charge in [0, 0.05) is 35.9 Å². The lowest BCUT2D eigenvalue weighted by Gasteiger charge is -2.14. The largest absolute Gasteiger partial charge is 0.272 e. The molecule has 24 heavy (non-hydrogen) atoms. The molecule has 126 valence electrons. The van der Waals surface area contributed by atoms with Crippen molar-refractivity contribution in [3.05, 3.63) is 54.0 Å². The Labute approximate surface area is 141 Å². The Morgan fingerprint density at radius 2 is 2.00 bits per heavy atom. The number of sulfonamides is 1. The summed E-state index contributed by atoms with van der Waals surface area (Å²) in [6.07, 6.45) is 3.48. The third-order valence-corrected chi connectivity index (χ3v) is 5.56. The van der Waals surface area contributed by atoms with E-state index in [0.717, 1.165) is 23.2 Å². The molecule has 0 aliphatic rings. The van der Waals surface area contributed by atoms with Gasteiger partial charge in [0.15, 0.2) is 0 Å². The molecule has 2 heterocycles. The van der Waals surface area contributed by atoms with E-state index in [0.29, 0.717) is 5.52 Å². The fourth-order valence-corrected chi connectivity index (χ4v) is 4.18. The van der Waals surface area contributed by atoms with Crippen LogP contribution in [0.5, 0.6) is 0 Å². The average molecular weight is 344 g/mol. The molecule has 1 unspecified atom stereocenters. The Hall–Kier alpha value is -2.25. The second kappa shape index (κ2) is 6.33. The van der Waals surface area contributed by atoms with Crippen LogP contribution in [0.15, 0.2) is 47.6 Å². The van der Waals surface area contributed by atoms with E-state index in [1.807, 2.05) is 39.1 Å². The molecular formula is C17H20N4O2S. The van der Waals surface area contributed by atoms with E-state index in [9.17, 15) is 8.42 Å². The van der Waals surface area contributed by atoms with Gasteiger partial charge in [-0.15, -0.1) is 0 Å². The monoisotopic (exact) mass is 344 g/mol. The van der Waals surface area contributed by atoms with Gasteiger partial charge in [-0.25, -0.2) is 13.1 Å². The van der Waals surface area contributed by atoms with Crippen LogP contribution in [0.3, 0.4) is 0 Å². The Morgan fingerprint density at radius 3 is 2.71 bits per heavy atom. The van der Waals surface area contributed by atoms with Gasteiger partial charge in [0.25, 0.3) is 0 Å². The summed E-state index contributed by atoms with van der Waals surface area (Å²) >= 11 is 0. The van der Waals surface area contributed by atoms with E-state index in [-0.39, 0.29) is 10.9 Å². The van der Waals surface area contributed by atoms with Crippen molar-refractivity contribution < 1.29 is 8.42 Å². The number of nitrogens with zero attached hydrogens (tertiary/aromatic N) is 3. The number of hydrogen-bond acceptors (Lipinski definition) is 4. The maximum absolute atomic E-state index is 12.8. The van der Waals surface area contributed by atoms with Crippen LogP contribution >= 0.6 is 0 Å². The molecule has 0 amide bonds. The second-order valence-electron chi connectivity index (χ2n) is 5.70. The number of aromatic nitrogens is 3. The van der Waals surface area contributed by atoms with Crippen molar-refractivity contribution in [2.45, 2.75) is 38.3 Å². The Bertz CT molecular complexity index is 974. The topological polar surface area (TPSA) is 76.9 Å². The first-order valence-electron chi connectivity index (χ1n) is 7.82. The van der Waals surface area contributed by atoms with E-state index in [4.69, 9.17) is 0 Å². The highest BCUT2D eigenvalue weighted by Crippen LogP contribution is 2.24. The lowest BCUT2D eigenvalue weighted by Crippen LogP contribution is -2.27. The van der Waals surface area contributed by atoms with Crippen LogP contribution in [0.4, 0.5) is 0 Å². The first-order valence-corrected chi connectivity index (χ1v) is 9.30. The third kappa shape index (κ3) is 3.05. The van der Waals surface area contributed by atoms with Crippen molar-refractivity contribution in [2.75, 3.05) is 0 Å². The molecule has 0 fully saturated rings. The van der Waals surface area contributed by atoms with E-state index < -0.39 is 10.0 Å². The number of nitrogens with one attached hydrogen (secondary N) is 1. The molecule has 1 N–H and O–H groups in total. The quantitative estimate of drug-likeness (QED) is 0.772. The number of pyridine rings is 1. The Morgan fingerprint density at radius 1 is 1.25 bits per heavy atom. The van der Waals surface area contributed by atoms with Crippen molar-refractivity contribution in [3.8, 4) is 0 Å². The van der Waals surface area contributed by atoms with Gasteiger partial charge in [-0.3, -0.25) is 9.67 Å². The van der Waals surface area contributed by atoms with Crippen LogP contribution in [0.25, 0.3) is 10.9 Å². The number of rotatable bonds is 5. The van der Waals surface area contributed by atoms with Gasteiger partial charge in [0.05, 0.1) is 11.2 Å². The van der Waals surface area contributed by atoms with Gasteiger partial charge in [-0.2, -0.15) is 5.10 Å². The zero-order valence-electron chi connectivity index (χ0n) is 13.9. The van der Waals surface area contributed by atoms with Crippen molar-refractivity contribution in [1.29, 1.82) is 0 Å². The fourth-order valence-electron chi connectivity index (χ4n) is 2.77. The number of para-hydroxylation sites is 1. The molecule has 0 aliphatic heterocycles. The Kier molecular flexibility index (Phi) is 4.38. The van der Waals surface area contributed by atoms with Crippen molar-refractivity contribution >= 4 is 20.9 Å². The minimum Gasteiger partial charge on any atom is -0.272 e. The SMILES string of the molecule is CCn1cc(C(C)NS(=O)(=O)c2cccc3cccnc23)c(C)n1. The van der Waals surface area contributed by atoms with Crippen molar-refractivity contribution in [1.82, 2.24) is 19.5 Å². The first kappa shape index (κ1) is 16.6. The zero-order chi connectivity index (χ0) is 17.3. The minimum absolute atomic E-state index is 0.188. The lowest BCUT2D eigenvalue weighted by molar-refractivity contribution is 0.567. The van der Waals surface area contributed by atoms with Gasteiger partial charge in [-0.1, -0.05) is 18.2 Å². The number of benzene rings is 1. The number of fused-ring (bicyclic) bond motifs is 1. The van der Waals surface area contributed by atoms with Crippen LogP contribution in [0.2, 0.25) is 0 Å². The molecule has 7 heteroatoms. The fraction of sp³-hybridized carbons (Fsp3) is 0.294. The van der Waals surface area contributed by atoms with Gasteiger partial charge < -0.3 is 0 Å². The van der Waals surface area contributed by atoms with Crippen LogP contribution in [0, 0.1) is 6.92 Å². The first-order chi connectivity index (χ1) is 11.4. The zero-order valence-corrected chi connectivity index (χ0v) is 14.7. The van der Waals surface area contributed by atoms with Crippen LogP contribution in [-0.2, 0) is 16.6 Å². The summed E-state index contributed by atoms with van der Waals surface area (Å²) in [4.78, 5) is 4.41. The number of hydrogen-bond donors (Lipinski definition) is 1. The summed E-state index contributed by atoms with van der Waals surface area (Å²) in [6, 6.07) is 8.41. The molecule has 2 aromatic heterocycles. The maximum Gasteiger partial charge on any atom is 0.243 e. The summed E-state index contributed by atoms with van der Waals surface area (Å²) in [6.45, 7) is 6.44. The van der Waals surface area contributed by atoms with Crippen molar-refractivity contribution in [3.63, 3.8) is 0 Å². The number of aryl methyl sites for hydroxylation is 2. The summed E-state index contributed by atoms with van der Waals surface area (Å²) < 4.78 is 30.2. The molecular weight excluding hydrogens is 324 g/mol.